The maximum Gasteiger partial charge on any atom is 0.339 e. The zero-order valence-electron chi connectivity index (χ0n) is 16.6. The van der Waals surface area contributed by atoms with Crippen molar-refractivity contribution < 1.29 is 19.1 Å². The first kappa shape index (κ1) is 20.2. The molecule has 1 atom stereocenters. The predicted molar refractivity (Wildman–Crippen MR) is 107 cm³/mol. The van der Waals surface area contributed by atoms with Crippen LogP contribution in [0.2, 0.25) is 0 Å². The molecule has 8 heteroatoms. The Labute approximate surface area is 169 Å². The number of ether oxygens (including phenoxy) is 2. The quantitative estimate of drug-likeness (QED) is 0.572. The Bertz CT molecular complexity index is 921. The molecule has 0 spiro atoms. The predicted octanol–water partition coefficient (Wildman–Crippen LogP) is 2.96. The highest BCUT2D eigenvalue weighted by Gasteiger charge is 2.22. The summed E-state index contributed by atoms with van der Waals surface area (Å²) in [5.41, 5.74) is 4.13. The summed E-state index contributed by atoms with van der Waals surface area (Å²) in [6, 6.07) is 14.0. The van der Waals surface area contributed by atoms with E-state index in [0.717, 1.165) is 11.1 Å². The number of aryl methyl sites for hydroxylation is 1. The van der Waals surface area contributed by atoms with E-state index in [0.29, 0.717) is 17.3 Å². The second-order valence-corrected chi connectivity index (χ2v) is 6.33. The van der Waals surface area contributed by atoms with Crippen LogP contribution in [-0.2, 0) is 18.5 Å². The minimum atomic E-state index is -0.542. The maximum atomic E-state index is 12.5. The van der Waals surface area contributed by atoms with Crippen LogP contribution in [0.25, 0.3) is 0 Å². The fourth-order valence-electron chi connectivity index (χ4n) is 2.87. The SMILES string of the molecule is COc1cc(OC)cc(C(NC(=O)NOCc2ccccc2)c2nccn2C)c1. The average molecular weight is 396 g/mol. The molecule has 2 aromatic carbocycles. The van der Waals surface area contributed by atoms with Gasteiger partial charge in [-0.15, -0.1) is 0 Å². The number of nitrogens with zero attached hydrogens (tertiary/aromatic N) is 2. The number of imidazole rings is 1. The smallest absolute Gasteiger partial charge is 0.339 e. The number of benzene rings is 2. The lowest BCUT2D eigenvalue weighted by Gasteiger charge is -2.20. The molecule has 0 aliphatic heterocycles. The Morgan fingerprint density at radius 1 is 1.10 bits per heavy atom. The fourth-order valence-corrected chi connectivity index (χ4v) is 2.87. The molecular weight excluding hydrogens is 372 g/mol. The third-order valence-electron chi connectivity index (χ3n) is 4.35. The molecule has 1 heterocycles. The first-order chi connectivity index (χ1) is 14.1. The zero-order chi connectivity index (χ0) is 20.6. The molecule has 3 aromatic rings. The molecule has 0 saturated carbocycles. The fraction of sp³-hybridized carbons (Fsp3) is 0.238. The van der Waals surface area contributed by atoms with Gasteiger partial charge in [-0.2, -0.15) is 0 Å². The summed E-state index contributed by atoms with van der Waals surface area (Å²) in [4.78, 5) is 22.2. The Morgan fingerprint density at radius 3 is 2.38 bits per heavy atom. The van der Waals surface area contributed by atoms with Crippen LogP contribution in [-0.4, -0.2) is 29.8 Å². The van der Waals surface area contributed by atoms with Gasteiger partial charge in [-0.05, 0) is 23.3 Å². The molecule has 0 aliphatic rings. The van der Waals surface area contributed by atoms with E-state index in [1.54, 1.807) is 26.5 Å². The van der Waals surface area contributed by atoms with Gasteiger partial charge < -0.3 is 19.4 Å². The Kier molecular flexibility index (Phi) is 6.70. The van der Waals surface area contributed by atoms with E-state index in [1.807, 2.05) is 60.3 Å². The number of carbonyl (C=O) groups is 1. The van der Waals surface area contributed by atoms with Crippen LogP contribution in [0.1, 0.15) is 23.0 Å². The van der Waals surface area contributed by atoms with Gasteiger partial charge >= 0.3 is 6.03 Å². The van der Waals surface area contributed by atoms with Gasteiger partial charge in [0.15, 0.2) is 0 Å². The topological polar surface area (TPSA) is 86.6 Å². The average Bonchev–Trinajstić information content (AvgIpc) is 3.17. The van der Waals surface area contributed by atoms with Gasteiger partial charge in [-0.25, -0.2) is 15.3 Å². The Balaban J connectivity index is 1.76. The van der Waals surface area contributed by atoms with Crippen molar-refractivity contribution in [2.45, 2.75) is 12.6 Å². The van der Waals surface area contributed by atoms with E-state index in [4.69, 9.17) is 14.3 Å². The molecule has 8 nitrogen and oxygen atoms in total. The minimum absolute atomic E-state index is 0.258. The molecule has 0 radical (unpaired) electrons. The summed E-state index contributed by atoms with van der Waals surface area (Å²) in [7, 11) is 5.01. The summed E-state index contributed by atoms with van der Waals surface area (Å²) in [5.74, 6) is 1.88. The largest absolute Gasteiger partial charge is 0.497 e. The first-order valence-electron chi connectivity index (χ1n) is 9.03. The van der Waals surface area contributed by atoms with Gasteiger partial charge in [0.25, 0.3) is 0 Å². The molecule has 0 aliphatic carbocycles. The normalized spacial score (nSPS) is 11.6. The van der Waals surface area contributed by atoms with Crippen molar-refractivity contribution >= 4 is 6.03 Å². The molecule has 29 heavy (non-hydrogen) atoms. The van der Waals surface area contributed by atoms with Crippen molar-refractivity contribution in [1.29, 1.82) is 0 Å². The molecule has 1 aromatic heterocycles. The van der Waals surface area contributed by atoms with E-state index in [9.17, 15) is 4.79 Å². The molecule has 0 bridgehead atoms. The highest BCUT2D eigenvalue weighted by molar-refractivity contribution is 5.73. The van der Waals surface area contributed by atoms with E-state index in [1.165, 1.54) is 0 Å². The molecule has 3 rings (SSSR count). The van der Waals surface area contributed by atoms with Crippen LogP contribution in [0.4, 0.5) is 4.79 Å². The summed E-state index contributed by atoms with van der Waals surface area (Å²) < 4.78 is 12.5. The van der Waals surface area contributed by atoms with Crippen LogP contribution in [0.3, 0.4) is 0 Å². The van der Waals surface area contributed by atoms with Gasteiger partial charge in [-0.1, -0.05) is 30.3 Å². The second kappa shape index (κ2) is 9.61. The summed E-state index contributed by atoms with van der Waals surface area (Å²) in [6.07, 6.45) is 3.48. The van der Waals surface area contributed by atoms with Crippen molar-refractivity contribution in [3.8, 4) is 11.5 Å². The van der Waals surface area contributed by atoms with Crippen molar-refractivity contribution in [2.75, 3.05) is 14.2 Å². The third kappa shape index (κ3) is 5.26. The third-order valence-corrected chi connectivity index (χ3v) is 4.35. The number of carbonyl (C=O) groups excluding carboxylic acids is 1. The van der Waals surface area contributed by atoms with Crippen molar-refractivity contribution in [2.24, 2.45) is 7.05 Å². The lowest BCUT2D eigenvalue weighted by molar-refractivity contribution is 0.0484. The molecule has 2 amide bonds. The number of rotatable bonds is 8. The van der Waals surface area contributed by atoms with Gasteiger partial charge in [0.2, 0.25) is 0 Å². The molecule has 0 saturated heterocycles. The number of hydrogen-bond acceptors (Lipinski definition) is 5. The van der Waals surface area contributed by atoms with Gasteiger partial charge in [-0.3, -0.25) is 4.84 Å². The monoisotopic (exact) mass is 396 g/mol. The van der Waals surface area contributed by atoms with E-state index in [2.05, 4.69) is 15.8 Å². The molecule has 0 fully saturated rings. The number of aromatic nitrogens is 2. The lowest BCUT2D eigenvalue weighted by Crippen LogP contribution is -2.39. The van der Waals surface area contributed by atoms with Crippen molar-refractivity contribution in [3.63, 3.8) is 0 Å². The van der Waals surface area contributed by atoms with Crippen molar-refractivity contribution in [3.05, 3.63) is 77.9 Å². The van der Waals surface area contributed by atoms with Crippen LogP contribution >= 0.6 is 0 Å². The van der Waals surface area contributed by atoms with Crippen LogP contribution in [0.15, 0.2) is 60.9 Å². The van der Waals surface area contributed by atoms with Gasteiger partial charge in [0, 0.05) is 25.5 Å². The number of urea groups is 1. The van der Waals surface area contributed by atoms with Crippen LogP contribution in [0.5, 0.6) is 11.5 Å². The van der Waals surface area contributed by atoms with E-state index < -0.39 is 12.1 Å². The maximum absolute atomic E-state index is 12.5. The van der Waals surface area contributed by atoms with Gasteiger partial charge in [0.1, 0.15) is 23.4 Å². The standard InChI is InChI=1S/C21H24N4O4/c1-25-10-9-22-20(25)19(16-11-17(27-2)13-18(12-16)28-3)23-21(26)24-29-14-15-7-5-4-6-8-15/h4-13,19H,14H2,1-3H3,(H2,23,24,26). The van der Waals surface area contributed by atoms with Crippen LogP contribution < -0.4 is 20.3 Å². The highest BCUT2D eigenvalue weighted by Crippen LogP contribution is 2.29. The summed E-state index contributed by atoms with van der Waals surface area (Å²) in [6.45, 7) is 0.258. The highest BCUT2D eigenvalue weighted by atomic mass is 16.7. The molecular formula is C21H24N4O4. The van der Waals surface area contributed by atoms with Gasteiger partial charge in [0.05, 0.1) is 20.8 Å². The number of hydrogen-bond donors (Lipinski definition) is 2. The number of nitrogens with one attached hydrogen (secondary N) is 2. The number of methoxy groups -OCH3 is 2. The number of hydroxylamine groups is 1. The van der Waals surface area contributed by atoms with E-state index in [-0.39, 0.29) is 6.61 Å². The molecule has 1 unspecified atom stereocenters. The Hall–Kier alpha value is -3.52. The zero-order valence-corrected chi connectivity index (χ0v) is 16.6. The van der Waals surface area contributed by atoms with Crippen LogP contribution in [0, 0.1) is 0 Å². The molecule has 152 valence electrons. The first-order valence-corrected chi connectivity index (χ1v) is 9.03. The minimum Gasteiger partial charge on any atom is -0.497 e. The van der Waals surface area contributed by atoms with Crippen molar-refractivity contribution in [1.82, 2.24) is 20.3 Å². The summed E-state index contributed by atoms with van der Waals surface area (Å²) >= 11 is 0. The Morgan fingerprint density at radius 2 is 1.79 bits per heavy atom. The summed E-state index contributed by atoms with van der Waals surface area (Å²) in [5, 5.41) is 2.90. The lowest BCUT2D eigenvalue weighted by atomic mass is 10.1. The van der Waals surface area contributed by atoms with E-state index >= 15 is 0 Å². The number of amides is 2. The second-order valence-electron chi connectivity index (χ2n) is 6.33. The molecule has 2 N–H and O–H groups in total.